The first kappa shape index (κ1) is 24.2. The fourth-order valence-electron chi connectivity index (χ4n) is 4.08. The maximum absolute atomic E-state index is 12.8. The van der Waals surface area contributed by atoms with Crippen molar-refractivity contribution in [3.8, 4) is 0 Å². The number of nitrogens with zero attached hydrogens (tertiary/aromatic N) is 1. The molecule has 4 atom stereocenters. The summed E-state index contributed by atoms with van der Waals surface area (Å²) in [7, 11) is 0. The fraction of sp³-hybridized carbons (Fsp3) is 0.667. The van der Waals surface area contributed by atoms with Crippen LogP contribution in [-0.2, 0) is 22.1 Å². The molecule has 8 nitrogen and oxygen atoms in total. The van der Waals surface area contributed by atoms with E-state index in [9.17, 15) is 22.8 Å². The number of hydrazine groups is 1. The van der Waals surface area contributed by atoms with Crippen LogP contribution in [0.2, 0.25) is 0 Å². The average Bonchev–Trinajstić information content (AvgIpc) is 3.29. The van der Waals surface area contributed by atoms with Gasteiger partial charge in [0, 0.05) is 17.8 Å². The molecule has 11 heteroatoms. The van der Waals surface area contributed by atoms with Gasteiger partial charge in [0.2, 0.25) is 5.91 Å². The Morgan fingerprint density at radius 3 is 2.62 bits per heavy atom. The number of carbonyl (C=O) groups excluding carboxylic acids is 2. The van der Waals surface area contributed by atoms with Crippen LogP contribution in [-0.4, -0.2) is 40.8 Å². The summed E-state index contributed by atoms with van der Waals surface area (Å²) in [6.45, 7) is 5.66. The number of pyridine rings is 1. The average molecular weight is 457 g/mol. The summed E-state index contributed by atoms with van der Waals surface area (Å²) in [4.78, 5) is 28.1. The third-order valence-electron chi connectivity index (χ3n) is 5.50. The molecule has 178 valence electrons. The van der Waals surface area contributed by atoms with Crippen LogP contribution in [0.4, 0.5) is 18.0 Å². The predicted octanol–water partition coefficient (Wildman–Crippen LogP) is 2.65. The topological polar surface area (TPSA) is 104 Å². The van der Waals surface area contributed by atoms with Crippen LogP contribution in [0.1, 0.15) is 57.7 Å². The molecule has 1 saturated heterocycles. The number of alkyl halides is 3. The lowest BCUT2D eigenvalue weighted by Crippen LogP contribution is -2.45. The SMILES string of the molecule is CC(C)(C)NC(=O)O[C@@H]1CC[C@H](C2CC(NC(=O)Cc3cc(C(F)(F)F)ccn3)NN2)C1. The highest BCUT2D eigenvalue weighted by atomic mass is 19.4. The minimum absolute atomic E-state index is 0.0594. The molecule has 32 heavy (non-hydrogen) atoms. The molecule has 1 aliphatic carbocycles. The minimum atomic E-state index is -4.48. The van der Waals surface area contributed by atoms with Crippen molar-refractivity contribution >= 4 is 12.0 Å². The second-order valence-corrected chi connectivity index (χ2v) is 9.44. The summed E-state index contributed by atoms with van der Waals surface area (Å²) in [6, 6.07) is 1.85. The van der Waals surface area contributed by atoms with Gasteiger partial charge in [0.15, 0.2) is 0 Å². The predicted molar refractivity (Wildman–Crippen MR) is 110 cm³/mol. The molecule has 0 bridgehead atoms. The molecular formula is C21H30F3N5O3. The lowest BCUT2D eigenvalue weighted by molar-refractivity contribution is -0.137. The van der Waals surface area contributed by atoms with Crippen molar-refractivity contribution in [2.75, 3.05) is 0 Å². The van der Waals surface area contributed by atoms with Gasteiger partial charge in [-0.15, -0.1) is 0 Å². The van der Waals surface area contributed by atoms with Crippen LogP contribution in [0.3, 0.4) is 0 Å². The quantitative estimate of drug-likeness (QED) is 0.542. The Labute approximate surface area is 185 Å². The smallest absolute Gasteiger partial charge is 0.416 e. The first-order valence-electron chi connectivity index (χ1n) is 10.7. The van der Waals surface area contributed by atoms with Crippen LogP contribution < -0.4 is 21.5 Å². The summed E-state index contributed by atoms with van der Waals surface area (Å²) in [5.74, 6) is -0.134. The number of amides is 2. The number of rotatable bonds is 5. The van der Waals surface area contributed by atoms with Crippen LogP contribution >= 0.6 is 0 Å². The van der Waals surface area contributed by atoms with Gasteiger partial charge in [0.1, 0.15) is 6.10 Å². The van der Waals surface area contributed by atoms with Crippen molar-refractivity contribution in [3.63, 3.8) is 0 Å². The Morgan fingerprint density at radius 2 is 1.94 bits per heavy atom. The molecule has 2 amide bonds. The third kappa shape index (κ3) is 7.06. The Morgan fingerprint density at radius 1 is 1.19 bits per heavy atom. The molecule has 2 unspecified atom stereocenters. The number of carbonyl (C=O) groups is 2. The molecule has 1 aliphatic heterocycles. The second kappa shape index (κ2) is 9.62. The van der Waals surface area contributed by atoms with E-state index in [-0.39, 0.29) is 41.9 Å². The normalized spacial score (nSPS) is 26.1. The fourth-order valence-corrected chi connectivity index (χ4v) is 4.08. The van der Waals surface area contributed by atoms with Gasteiger partial charge in [-0.3, -0.25) is 15.2 Å². The monoisotopic (exact) mass is 457 g/mol. The van der Waals surface area contributed by atoms with E-state index in [0.29, 0.717) is 6.42 Å². The number of halogens is 3. The Hall–Kier alpha value is -2.40. The number of aromatic nitrogens is 1. The molecule has 1 aromatic heterocycles. The van der Waals surface area contributed by atoms with E-state index in [2.05, 4.69) is 26.5 Å². The van der Waals surface area contributed by atoms with E-state index in [1.807, 2.05) is 20.8 Å². The zero-order valence-corrected chi connectivity index (χ0v) is 18.4. The highest BCUT2D eigenvalue weighted by Gasteiger charge is 2.37. The van der Waals surface area contributed by atoms with Crippen molar-refractivity contribution in [1.82, 2.24) is 26.5 Å². The summed E-state index contributed by atoms with van der Waals surface area (Å²) >= 11 is 0. The summed E-state index contributed by atoms with van der Waals surface area (Å²) < 4.78 is 44.0. The molecule has 0 radical (unpaired) electrons. The molecular weight excluding hydrogens is 427 g/mol. The molecule has 0 aromatic carbocycles. The van der Waals surface area contributed by atoms with Gasteiger partial charge in [0.25, 0.3) is 0 Å². The molecule has 1 aromatic rings. The lowest BCUT2D eigenvalue weighted by atomic mass is 9.96. The van der Waals surface area contributed by atoms with Crippen molar-refractivity contribution in [3.05, 3.63) is 29.6 Å². The van der Waals surface area contributed by atoms with Crippen molar-refractivity contribution in [2.24, 2.45) is 5.92 Å². The zero-order chi connectivity index (χ0) is 23.5. The van der Waals surface area contributed by atoms with Gasteiger partial charge in [-0.1, -0.05) is 0 Å². The summed E-state index contributed by atoms with van der Waals surface area (Å²) in [6.07, 6.45) is -1.57. The van der Waals surface area contributed by atoms with E-state index in [0.717, 1.165) is 37.6 Å². The first-order valence-corrected chi connectivity index (χ1v) is 10.7. The molecule has 4 N–H and O–H groups in total. The number of hydrogen-bond acceptors (Lipinski definition) is 6. The Kier molecular flexibility index (Phi) is 7.29. The summed E-state index contributed by atoms with van der Waals surface area (Å²) in [5.41, 5.74) is 5.06. The molecule has 2 aliphatic rings. The number of alkyl carbamates (subject to hydrolysis) is 1. The van der Waals surface area contributed by atoms with Gasteiger partial charge in [0.05, 0.1) is 23.8 Å². The highest BCUT2D eigenvalue weighted by molar-refractivity contribution is 5.78. The Balaban J connectivity index is 1.43. The van der Waals surface area contributed by atoms with Gasteiger partial charge < -0.3 is 15.4 Å². The molecule has 3 rings (SSSR count). The maximum atomic E-state index is 12.8. The van der Waals surface area contributed by atoms with Crippen LogP contribution in [0.25, 0.3) is 0 Å². The van der Waals surface area contributed by atoms with E-state index in [1.165, 1.54) is 0 Å². The van der Waals surface area contributed by atoms with E-state index < -0.39 is 23.7 Å². The van der Waals surface area contributed by atoms with Crippen molar-refractivity contribution in [2.45, 2.75) is 82.9 Å². The third-order valence-corrected chi connectivity index (χ3v) is 5.50. The molecule has 2 heterocycles. The van der Waals surface area contributed by atoms with Gasteiger partial charge in [-0.2, -0.15) is 13.2 Å². The standard InChI is InChI=1S/C21H30F3N5O3/c1-20(2,3)27-19(31)32-15-5-4-12(8-15)16-11-17(29-28-16)26-18(30)10-14-9-13(6-7-25-14)21(22,23)24/h6-7,9,12,15-17,28-29H,4-5,8,10-11H2,1-3H3,(H,26,30)(H,27,31)/t12-,15+,16?,17?/m0/s1. The number of ether oxygens (including phenoxy) is 1. The van der Waals surface area contributed by atoms with Crippen LogP contribution in [0.15, 0.2) is 18.3 Å². The zero-order valence-electron chi connectivity index (χ0n) is 18.4. The van der Waals surface area contributed by atoms with E-state index in [4.69, 9.17) is 4.74 Å². The number of nitrogens with one attached hydrogen (secondary N) is 4. The van der Waals surface area contributed by atoms with E-state index >= 15 is 0 Å². The molecule has 0 spiro atoms. The van der Waals surface area contributed by atoms with Gasteiger partial charge >= 0.3 is 12.3 Å². The second-order valence-electron chi connectivity index (χ2n) is 9.44. The van der Waals surface area contributed by atoms with Crippen LogP contribution in [0, 0.1) is 5.92 Å². The molecule has 2 fully saturated rings. The largest absolute Gasteiger partial charge is 0.446 e. The van der Waals surface area contributed by atoms with Crippen LogP contribution in [0.5, 0.6) is 0 Å². The van der Waals surface area contributed by atoms with E-state index in [1.54, 1.807) is 0 Å². The minimum Gasteiger partial charge on any atom is -0.446 e. The van der Waals surface area contributed by atoms with Crippen molar-refractivity contribution < 1.29 is 27.5 Å². The lowest BCUT2D eigenvalue weighted by Gasteiger charge is -2.22. The molecule has 1 saturated carbocycles. The highest BCUT2D eigenvalue weighted by Crippen LogP contribution is 2.33. The van der Waals surface area contributed by atoms with Gasteiger partial charge in [-0.05, 0) is 64.5 Å². The van der Waals surface area contributed by atoms with Gasteiger partial charge in [-0.25, -0.2) is 10.2 Å². The maximum Gasteiger partial charge on any atom is 0.416 e. The summed E-state index contributed by atoms with van der Waals surface area (Å²) in [5, 5.41) is 5.57. The number of hydrogen-bond donors (Lipinski definition) is 4. The Bertz CT molecular complexity index is 828. The first-order chi connectivity index (χ1) is 14.9. The van der Waals surface area contributed by atoms with Crippen molar-refractivity contribution in [1.29, 1.82) is 0 Å².